The van der Waals surface area contributed by atoms with Crippen molar-refractivity contribution in [3.05, 3.63) is 29.6 Å². The van der Waals surface area contributed by atoms with Crippen LogP contribution in [0.5, 0.6) is 0 Å². The van der Waals surface area contributed by atoms with Crippen molar-refractivity contribution in [2.24, 2.45) is 5.73 Å². The number of aliphatic hydroxyl groups is 1. The summed E-state index contributed by atoms with van der Waals surface area (Å²) < 4.78 is 17.9. The Morgan fingerprint density at radius 3 is 2.83 bits per heavy atom. The molecule has 4 N–H and O–H groups in total. The van der Waals surface area contributed by atoms with Crippen LogP contribution >= 0.6 is 0 Å². The molecule has 1 rings (SSSR count). The molecule has 5 nitrogen and oxygen atoms in total. The van der Waals surface area contributed by atoms with Gasteiger partial charge < -0.3 is 20.5 Å². The van der Waals surface area contributed by atoms with Crippen LogP contribution in [0.4, 0.5) is 10.1 Å². The van der Waals surface area contributed by atoms with E-state index in [2.05, 4.69) is 0 Å². The monoisotopic (exact) mass is 255 g/mol. The molecule has 100 valence electrons. The highest BCUT2D eigenvalue weighted by atomic mass is 19.1. The number of amidine groups is 1. The Balaban J connectivity index is 2.91. The maximum Gasteiger partial charge on any atom is 0.125 e. The molecule has 0 saturated carbocycles. The van der Waals surface area contributed by atoms with Gasteiger partial charge in [-0.3, -0.25) is 5.41 Å². The lowest BCUT2D eigenvalue weighted by molar-refractivity contribution is 0.0695. The van der Waals surface area contributed by atoms with E-state index in [-0.39, 0.29) is 12.4 Å². The Morgan fingerprint density at radius 2 is 2.28 bits per heavy atom. The number of nitrogens with one attached hydrogen (secondary N) is 1. The Hall–Kier alpha value is -1.66. The zero-order valence-corrected chi connectivity index (χ0v) is 10.5. The van der Waals surface area contributed by atoms with Crippen molar-refractivity contribution in [2.75, 3.05) is 32.2 Å². The number of hydrogen-bond acceptors (Lipinski definition) is 4. The van der Waals surface area contributed by atoms with Gasteiger partial charge in [0, 0.05) is 32.0 Å². The molecule has 1 unspecified atom stereocenters. The third-order valence-corrected chi connectivity index (χ3v) is 2.50. The van der Waals surface area contributed by atoms with Crippen LogP contribution in [0, 0.1) is 11.2 Å². The number of hydrogen-bond donors (Lipinski definition) is 3. The normalized spacial score (nSPS) is 12.2. The topological polar surface area (TPSA) is 82.6 Å². The maximum atomic E-state index is 13.1. The van der Waals surface area contributed by atoms with Crippen molar-refractivity contribution in [3.63, 3.8) is 0 Å². The standard InChI is InChI=1S/C12H18FN3O2/c1-16(6-9(17)7-18-2)11-4-3-8(13)5-10(11)12(14)15/h3-5,9,17H,6-7H2,1-2H3,(H3,14,15). The van der Waals surface area contributed by atoms with Gasteiger partial charge in [0.25, 0.3) is 0 Å². The average Bonchev–Trinajstić information content (AvgIpc) is 2.28. The number of aliphatic hydroxyl groups excluding tert-OH is 1. The lowest BCUT2D eigenvalue weighted by atomic mass is 10.1. The van der Waals surface area contributed by atoms with Gasteiger partial charge in [-0.15, -0.1) is 0 Å². The summed E-state index contributed by atoms with van der Waals surface area (Å²) in [4.78, 5) is 1.71. The number of benzene rings is 1. The Bertz CT molecular complexity index is 426. The van der Waals surface area contributed by atoms with Crippen LogP contribution < -0.4 is 10.6 Å². The summed E-state index contributed by atoms with van der Waals surface area (Å²) >= 11 is 0. The van der Waals surface area contributed by atoms with E-state index in [1.165, 1.54) is 25.3 Å². The minimum Gasteiger partial charge on any atom is -0.389 e. The first-order chi connectivity index (χ1) is 8.45. The zero-order valence-electron chi connectivity index (χ0n) is 10.5. The molecule has 1 aromatic rings. The van der Waals surface area contributed by atoms with E-state index in [0.717, 1.165) is 0 Å². The van der Waals surface area contributed by atoms with Crippen LogP contribution in [0.2, 0.25) is 0 Å². The third kappa shape index (κ3) is 3.68. The molecular formula is C12H18FN3O2. The van der Waals surface area contributed by atoms with E-state index in [4.69, 9.17) is 15.9 Å². The fourth-order valence-corrected chi connectivity index (χ4v) is 1.72. The molecule has 0 saturated heterocycles. The summed E-state index contributed by atoms with van der Waals surface area (Å²) in [5, 5.41) is 17.1. The summed E-state index contributed by atoms with van der Waals surface area (Å²) in [5.41, 5.74) is 6.32. The quantitative estimate of drug-likeness (QED) is 0.512. The van der Waals surface area contributed by atoms with E-state index >= 15 is 0 Å². The van der Waals surface area contributed by atoms with E-state index in [1.807, 2.05) is 0 Å². The second-order valence-corrected chi connectivity index (χ2v) is 4.06. The second-order valence-electron chi connectivity index (χ2n) is 4.06. The number of likely N-dealkylation sites (N-methyl/N-ethyl adjacent to an activating group) is 1. The first-order valence-corrected chi connectivity index (χ1v) is 5.47. The van der Waals surface area contributed by atoms with Crippen LogP contribution in [-0.4, -0.2) is 44.4 Å². The minimum absolute atomic E-state index is 0.209. The third-order valence-electron chi connectivity index (χ3n) is 2.50. The van der Waals surface area contributed by atoms with Crippen LogP contribution in [-0.2, 0) is 4.74 Å². The van der Waals surface area contributed by atoms with Crippen molar-refractivity contribution < 1.29 is 14.2 Å². The summed E-state index contributed by atoms with van der Waals surface area (Å²) in [6.45, 7) is 0.515. The average molecular weight is 255 g/mol. The van der Waals surface area contributed by atoms with E-state index in [0.29, 0.717) is 17.8 Å². The number of halogens is 1. The molecule has 0 radical (unpaired) electrons. The van der Waals surface area contributed by atoms with Crippen LogP contribution in [0.1, 0.15) is 5.56 Å². The van der Waals surface area contributed by atoms with Gasteiger partial charge in [0.05, 0.1) is 12.7 Å². The Labute approximate surface area is 105 Å². The molecule has 0 heterocycles. The molecular weight excluding hydrogens is 237 g/mol. The number of nitrogens with zero attached hydrogens (tertiary/aromatic N) is 1. The molecule has 6 heteroatoms. The minimum atomic E-state index is -0.662. The van der Waals surface area contributed by atoms with Gasteiger partial charge in [0.2, 0.25) is 0 Å². The number of nitrogens with two attached hydrogens (primary N) is 1. The molecule has 0 aromatic heterocycles. The molecule has 0 aliphatic heterocycles. The molecule has 0 bridgehead atoms. The van der Waals surface area contributed by atoms with Gasteiger partial charge >= 0.3 is 0 Å². The van der Waals surface area contributed by atoms with E-state index in [9.17, 15) is 9.50 Å². The Kier molecular flexibility index (Phi) is 5.06. The van der Waals surface area contributed by atoms with Gasteiger partial charge in [-0.2, -0.15) is 0 Å². The van der Waals surface area contributed by atoms with Crippen molar-refractivity contribution >= 4 is 11.5 Å². The van der Waals surface area contributed by atoms with Crippen LogP contribution in [0.25, 0.3) is 0 Å². The molecule has 1 atom stereocenters. The number of rotatable bonds is 6. The SMILES string of the molecule is COCC(O)CN(C)c1ccc(F)cc1C(=N)N. The van der Waals surface area contributed by atoms with Crippen molar-refractivity contribution in [1.82, 2.24) is 0 Å². The lowest BCUT2D eigenvalue weighted by Gasteiger charge is -2.24. The van der Waals surface area contributed by atoms with Gasteiger partial charge in [0.1, 0.15) is 11.7 Å². The van der Waals surface area contributed by atoms with Crippen LogP contribution in [0.15, 0.2) is 18.2 Å². The van der Waals surface area contributed by atoms with Gasteiger partial charge in [-0.25, -0.2) is 4.39 Å². The summed E-state index contributed by atoms with van der Waals surface area (Å²) in [5.74, 6) is -0.660. The van der Waals surface area contributed by atoms with Crippen molar-refractivity contribution in [3.8, 4) is 0 Å². The first kappa shape index (κ1) is 14.4. The van der Waals surface area contributed by atoms with Crippen molar-refractivity contribution in [1.29, 1.82) is 5.41 Å². The van der Waals surface area contributed by atoms with E-state index in [1.54, 1.807) is 11.9 Å². The fraction of sp³-hybridized carbons (Fsp3) is 0.417. The maximum absolute atomic E-state index is 13.1. The fourth-order valence-electron chi connectivity index (χ4n) is 1.72. The molecule has 1 aromatic carbocycles. The van der Waals surface area contributed by atoms with Crippen LogP contribution in [0.3, 0.4) is 0 Å². The number of nitrogen functional groups attached to an aromatic ring is 1. The zero-order chi connectivity index (χ0) is 13.7. The summed E-state index contributed by atoms with van der Waals surface area (Å²) in [7, 11) is 3.24. The number of anilines is 1. The van der Waals surface area contributed by atoms with Crippen molar-refractivity contribution in [2.45, 2.75) is 6.10 Å². The number of methoxy groups -OCH3 is 1. The van der Waals surface area contributed by atoms with Gasteiger partial charge in [-0.1, -0.05) is 0 Å². The van der Waals surface area contributed by atoms with Gasteiger partial charge in [-0.05, 0) is 18.2 Å². The first-order valence-electron chi connectivity index (χ1n) is 5.47. The largest absolute Gasteiger partial charge is 0.389 e. The summed E-state index contributed by atoms with van der Waals surface area (Å²) in [6.07, 6.45) is -0.662. The highest BCUT2D eigenvalue weighted by Crippen LogP contribution is 2.20. The highest BCUT2D eigenvalue weighted by molar-refractivity contribution is 6.00. The smallest absolute Gasteiger partial charge is 0.125 e. The molecule has 0 amide bonds. The lowest BCUT2D eigenvalue weighted by Crippen LogP contribution is -2.33. The summed E-state index contributed by atoms with van der Waals surface area (Å²) in [6, 6.07) is 4.03. The molecule has 0 fully saturated rings. The van der Waals surface area contributed by atoms with Gasteiger partial charge in [0.15, 0.2) is 0 Å². The molecule has 0 aliphatic carbocycles. The molecule has 0 spiro atoms. The number of ether oxygens (including phenoxy) is 1. The highest BCUT2D eigenvalue weighted by Gasteiger charge is 2.14. The predicted octanol–water partition coefficient (Wildman–Crippen LogP) is 0.553. The molecule has 0 aliphatic rings. The second kappa shape index (κ2) is 6.32. The Morgan fingerprint density at radius 1 is 1.61 bits per heavy atom. The molecule has 18 heavy (non-hydrogen) atoms. The van der Waals surface area contributed by atoms with E-state index < -0.39 is 11.9 Å². The predicted molar refractivity (Wildman–Crippen MR) is 68.6 cm³/mol.